The third kappa shape index (κ3) is 4.22. The molecule has 27 heavy (non-hydrogen) atoms. The number of nitrogens with one attached hydrogen (secondary N) is 1. The first-order valence-corrected chi connectivity index (χ1v) is 9.69. The first-order chi connectivity index (χ1) is 12.9. The number of para-hydroxylation sites is 2. The number of thioether (sulfide) groups is 1. The minimum atomic E-state index is -0.456. The molecule has 0 saturated carbocycles. The molecular weight excluding hydrogens is 358 g/mol. The van der Waals surface area contributed by atoms with E-state index in [2.05, 4.69) is 10.3 Å². The topological polar surface area (TPSA) is 61.8 Å². The molecule has 2 aromatic carbocycles. The van der Waals surface area contributed by atoms with E-state index >= 15 is 0 Å². The summed E-state index contributed by atoms with van der Waals surface area (Å²) in [7, 11) is 1.70. The van der Waals surface area contributed by atoms with Crippen LogP contribution in [0.3, 0.4) is 0 Å². The van der Waals surface area contributed by atoms with Gasteiger partial charge in [0.25, 0.3) is 0 Å². The van der Waals surface area contributed by atoms with Gasteiger partial charge in [-0.15, -0.1) is 0 Å². The van der Waals surface area contributed by atoms with Crippen LogP contribution in [0, 0.1) is 20.8 Å². The number of rotatable bonds is 4. The molecule has 1 aliphatic heterocycles. The molecule has 1 atom stereocenters. The van der Waals surface area contributed by atoms with Crippen LogP contribution in [-0.2, 0) is 9.59 Å². The highest BCUT2D eigenvalue weighted by molar-refractivity contribution is 8.15. The molecular formula is C21H23N3O2S. The number of anilines is 1. The number of aryl methyl sites for hydroxylation is 3. The number of amides is 2. The number of amidine groups is 1. The highest BCUT2D eigenvalue weighted by Gasteiger charge is 2.37. The third-order valence-electron chi connectivity index (χ3n) is 4.59. The van der Waals surface area contributed by atoms with Gasteiger partial charge in [-0.3, -0.25) is 14.5 Å². The zero-order chi connectivity index (χ0) is 19.6. The fraction of sp³-hybridized carbons (Fsp3) is 0.286. The van der Waals surface area contributed by atoms with Gasteiger partial charge in [-0.05, 0) is 43.5 Å². The maximum absolute atomic E-state index is 12.6. The Bertz CT molecular complexity index is 903. The molecule has 1 saturated heterocycles. The molecule has 0 unspecified atom stereocenters. The molecule has 5 nitrogen and oxygen atoms in total. The predicted octanol–water partition coefficient (Wildman–Crippen LogP) is 4.20. The molecule has 1 N–H and O–H groups in total. The summed E-state index contributed by atoms with van der Waals surface area (Å²) in [5.74, 6) is -0.257. The van der Waals surface area contributed by atoms with E-state index in [4.69, 9.17) is 0 Å². The highest BCUT2D eigenvalue weighted by Crippen LogP contribution is 2.32. The normalized spacial score (nSPS) is 18.2. The Morgan fingerprint density at radius 1 is 1.07 bits per heavy atom. The van der Waals surface area contributed by atoms with Crippen LogP contribution in [0.1, 0.15) is 23.1 Å². The van der Waals surface area contributed by atoms with Crippen LogP contribution >= 0.6 is 11.8 Å². The Balaban J connectivity index is 1.72. The van der Waals surface area contributed by atoms with Gasteiger partial charge in [0.2, 0.25) is 11.8 Å². The molecule has 0 bridgehead atoms. The van der Waals surface area contributed by atoms with Crippen molar-refractivity contribution in [2.24, 2.45) is 4.99 Å². The minimum absolute atomic E-state index is 0.0935. The van der Waals surface area contributed by atoms with Crippen molar-refractivity contribution in [3.8, 4) is 0 Å². The average molecular weight is 382 g/mol. The molecule has 0 aliphatic carbocycles. The number of aliphatic imine (C=N–C) groups is 1. The van der Waals surface area contributed by atoms with Crippen molar-refractivity contribution in [1.29, 1.82) is 0 Å². The first kappa shape index (κ1) is 19.2. The molecule has 2 aromatic rings. The van der Waals surface area contributed by atoms with Crippen LogP contribution in [0.5, 0.6) is 0 Å². The summed E-state index contributed by atoms with van der Waals surface area (Å²) in [6.07, 6.45) is 0.119. The standard InChI is InChI=1S/C21H23N3O2S/c1-13-8-5-6-11-16(13)22-21-24(4)20(26)17(27-21)12-18(25)23-19-14(2)9-7-10-15(19)3/h5-11,17H,12H2,1-4H3,(H,23,25)/t17-/m1/s1. The van der Waals surface area contributed by atoms with E-state index in [0.717, 1.165) is 28.1 Å². The van der Waals surface area contributed by atoms with E-state index in [0.29, 0.717) is 5.17 Å². The first-order valence-electron chi connectivity index (χ1n) is 8.81. The summed E-state index contributed by atoms with van der Waals surface area (Å²) >= 11 is 1.34. The van der Waals surface area contributed by atoms with E-state index in [-0.39, 0.29) is 18.2 Å². The van der Waals surface area contributed by atoms with Crippen molar-refractivity contribution < 1.29 is 9.59 Å². The second-order valence-corrected chi connectivity index (χ2v) is 7.87. The smallest absolute Gasteiger partial charge is 0.242 e. The number of carbonyl (C=O) groups is 2. The summed E-state index contributed by atoms with van der Waals surface area (Å²) < 4.78 is 0. The molecule has 140 valence electrons. The number of nitrogens with zero attached hydrogens (tertiary/aromatic N) is 2. The van der Waals surface area contributed by atoms with Gasteiger partial charge in [-0.25, -0.2) is 4.99 Å². The SMILES string of the molecule is Cc1ccccc1N=C1S[C@H](CC(=O)Nc2c(C)cccc2C)C(=O)N1C. The van der Waals surface area contributed by atoms with Crippen LogP contribution < -0.4 is 5.32 Å². The van der Waals surface area contributed by atoms with Crippen molar-refractivity contribution in [3.05, 3.63) is 59.2 Å². The lowest BCUT2D eigenvalue weighted by Crippen LogP contribution is -2.30. The van der Waals surface area contributed by atoms with E-state index in [1.807, 2.05) is 63.2 Å². The summed E-state index contributed by atoms with van der Waals surface area (Å²) in [4.78, 5) is 31.2. The van der Waals surface area contributed by atoms with Gasteiger partial charge < -0.3 is 5.32 Å². The fourth-order valence-corrected chi connectivity index (χ4v) is 4.11. The Hall–Kier alpha value is -2.60. The van der Waals surface area contributed by atoms with Crippen molar-refractivity contribution in [1.82, 2.24) is 4.90 Å². The van der Waals surface area contributed by atoms with E-state index in [1.165, 1.54) is 16.7 Å². The van der Waals surface area contributed by atoms with Crippen molar-refractivity contribution in [3.63, 3.8) is 0 Å². The molecule has 0 aromatic heterocycles. The molecule has 0 spiro atoms. The number of hydrogen-bond donors (Lipinski definition) is 1. The maximum atomic E-state index is 12.6. The van der Waals surface area contributed by atoms with Crippen LogP contribution in [0.15, 0.2) is 47.5 Å². The van der Waals surface area contributed by atoms with E-state index in [1.54, 1.807) is 7.05 Å². The predicted molar refractivity (Wildman–Crippen MR) is 112 cm³/mol. The fourth-order valence-electron chi connectivity index (χ4n) is 2.96. The maximum Gasteiger partial charge on any atom is 0.242 e. The van der Waals surface area contributed by atoms with Gasteiger partial charge in [0.1, 0.15) is 5.25 Å². The Morgan fingerprint density at radius 3 is 2.37 bits per heavy atom. The highest BCUT2D eigenvalue weighted by atomic mass is 32.2. The lowest BCUT2D eigenvalue weighted by molar-refractivity contribution is -0.127. The van der Waals surface area contributed by atoms with Crippen molar-refractivity contribution in [2.75, 3.05) is 12.4 Å². The van der Waals surface area contributed by atoms with Gasteiger partial charge in [0, 0.05) is 19.2 Å². The average Bonchev–Trinajstić information content (AvgIpc) is 2.88. The summed E-state index contributed by atoms with van der Waals surface area (Å²) in [5.41, 5.74) is 4.71. The van der Waals surface area contributed by atoms with Gasteiger partial charge in [-0.2, -0.15) is 0 Å². The van der Waals surface area contributed by atoms with E-state index in [9.17, 15) is 9.59 Å². The van der Waals surface area contributed by atoms with Gasteiger partial charge in [0.05, 0.1) is 5.69 Å². The molecule has 1 aliphatic rings. The number of hydrogen-bond acceptors (Lipinski definition) is 4. The lowest BCUT2D eigenvalue weighted by atomic mass is 10.1. The van der Waals surface area contributed by atoms with E-state index < -0.39 is 5.25 Å². The quantitative estimate of drug-likeness (QED) is 0.863. The molecule has 1 heterocycles. The van der Waals surface area contributed by atoms with Crippen molar-refractivity contribution >= 4 is 40.1 Å². The minimum Gasteiger partial charge on any atom is -0.326 e. The third-order valence-corrected chi connectivity index (χ3v) is 5.82. The zero-order valence-electron chi connectivity index (χ0n) is 15.9. The van der Waals surface area contributed by atoms with Crippen LogP contribution in [-0.4, -0.2) is 34.2 Å². The van der Waals surface area contributed by atoms with Gasteiger partial charge >= 0.3 is 0 Å². The monoisotopic (exact) mass is 381 g/mol. The summed E-state index contributed by atoms with van der Waals surface area (Å²) in [5, 5.41) is 3.12. The Labute approximate surface area is 163 Å². The van der Waals surface area contributed by atoms with Crippen LogP contribution in [0.4, 0.5) is 11.4 Å². The zero-order valence-corrected chi connectivity index (χ0v) is 16.8. The molecule has 1 fully saturated rings. The molecule has 3 rings (SSSR count). The summed E-state index contributed by atoms with van der Waals surface area (Å²) in [6.45, 7) is 5.90. The van der Waals surface area contributed by atoms with Crippen LogP contribution in [0.25, 0.3) is 0 Å². The lowest BCUT2D eigenvalue weighted by Gasteiger charge is -2.12. The molecule has 0 radical (unpaired) electrons. The van der Waals surface area contributed by atoms with Gasteiger partial charge in [0.15, 0.2) is 5.17 Å². The second-order valence-electron chi connectivity index (χ2n) is 6.70. The second kappa shape index (κ2) is 7.96. The van der Waals surface area contributed by atoms with Gasteiger partial charge in [-0.1, -0.05) is 48.2 Å². The van der Waals surface area contributed by atoms with Crippen LogP contribution in [0.2, 0.25) is 0 Å². The number of carbonyl (C=O) groups excluding carboxylic acids is 2. The summed E-state index contributed by atoms with van der Waals surface area (Å²) in [6, 6.07) is 13.6. The van der Waals surface area contributed by atoms with Crippen molar-refractivity contribution in [2.45, 2.75) is 32.4 Å². The molecule has 2 amide bonds. The largest absolute Gasteiger partial charge is 0.326 e. The molecule has 6 heteroatoms. The Morgan fingerprint density at radius 2 is 1.70 bits per heavy atom. The number of benzene rings is 2. The Kier molecular flexibility index (Phi) is 5.65.